The first-order chi connectivity index (χ1) is 11.1. The van der Waals surface area contributed by atoms with Crippen molar-refractivity contribution in [3.63, 3.8) is 0 Å². The fourth-order valence-corrected chi connectivity index (χ4v) is 1.95. The van der Waals surface area contributed by atoms with E-state index in [4.69, 9.17) is 0 Å². The van der Waals surface area contributed by atoms with Gasteiger partial charge in [0.25, 0.3) is 11.8 Å². The van der Waals surface area contributed by atoms with Gasteiger partial charge in [-0.25, -0.2) is 0 Å². The molecule has 0 spiro atoms. The van der Waals surface area contributed by atoms with Crippen LogP contribution in [0.15, 0.2) is 55.4 Å². The minimum absolute atomic E-state index is 0.267. The average molecular weight is 309 g/mol. The average Bonchev–Trinajstić information content (AvgIpc) is 2.59. The predicted molar refractivity (Wildman–Crippen MR) is 89.1 cm³/mol. The highest BCUT2D eigenvalue weighted by atomic mass is 16.2. The van der Waals surface area contributed by atoms with Crippen LogP contribution in [-0.4, -0.2) is 23.3 Å². The summed E-state index contributed by atoms with van der Waals surface area (Å²) in [5.41, 5.74) is 2.87. The van der Waals surface area contributed by atoms with Gasteiger partial charge in [0.2, 0.25) is 0 Å². The molecule has 1 aromatic heterocycles. The molecule has 0 fully saturated rings. The van der Waals surface area contributed by atoms with Gasteiger partial charge in [-0.3, -0.25) is 14.6 Å². The third kappa shape index (κ3) is 4.78. The largest absolute Gasteiger partial charge is 0.349 e. The van der Waals surface area contributed by atoms with Crippen molar-refractivity contribution >= 4 is 11.8 Å². The van der Waals surface area contributed by atoms with Crippen LogP contribution < -0.4 is 10.6 Å². The lowest BCUT2D eigenvalue weighted by atomic mass is 10.1. The van der Waals surface area contributed by atoms with E-state index in [2.05, 4.69) is 22.2 Å². The number of nitrogens with one attached hydrogen (secondary N) is 2. The Labute approximate surface area is 135 Å². The summed E-state index contributed by atoms with van der Waals surface area (Å²) in [6, 6.07) is 9.44. The van der Waals surface area contributed by atoms with Crippen LogP contribution in [0.1, 0.15) is 31.8 Å². The van der Waals surface area contributed by atoms with Crippen molar-refractivity contribution in [3.8, 4) is 0 Å². The summed E-state index contributed by atoms with van der Waals surface area (Å²) in [4.78, 5) is 28.0. The van der Waals surface area contributed by atoms with Crippen LogP contribution >= 0.6 is 0 Å². The molecule has 2 rings (SSSR count). The molecule has 2 aromatic rings. The summed E-state index contributed by atoms with van der Waals surface area (Å²) in [6.07, 6.45) is 4.45. The van der Waals surface area contributed by atoms with Gasteiger partial charge in [0.1, 0.15) is 0 Å². The summed E-state index contributed by atoms with van der Waals surface area (Å²) in [7, 11) is 0. The van der Waals surface area contributed by atoms with E-state index >= 15 is 0 Å². The fourth-order valence-electron chi connectivity index (χ4n) is 1.95. The van der Waals surface area contributed by atoms with E-state index in [1.807, 2.05) is 31.2 Å². The zero-order valence-electron chi connectivity index (χ0n) is 13.0. The van der Waals surface area contributed by atoms with Crippen molar-refractivity contribution in [1.82, 2.24) is 15.6 Å². The Balaban J connectivity index is 2.00. The van der Waals surface area contributed by atoms with Gasteiger partial charge in [-0.2, -0.15) is 0 Å². The first-order valence-corrected chi connectivity index (χ1v) is 7.28. The third-order valence-electron chi connectivity index (χ3n) is 3.24. The quantitative estimate of drug-likeness (QED) is 0.804. The maximum Gasteiger partial charge on any atom is 0.253 e. The first kappa shape index (κ1) is 16.4. The van der Waals surface area contributed by atoms with Gasteiger partial charge in [0.15, 0.2) is 0 Å². The molecule has 1 heterocycles. The van der Waals surface area contributed by atoms with Crippen LogP contribution in [0, 0.1) is 6.92 Å². The molecule has 1 aromatic carbocycles. The number of nitrogens with zero attached hydrogens (tertiary/aromatic N) is 1. The number of hydrogen-bond donors (Lipinski definition) is 2. The maximum absolute atomic E-state index is 12.2. The van der Waals surface area contributed by atoms with Crippen molar-refractivity contribution < 1.29 is 9.59 Å². The number of rotatable bonds is 6. The molecule has 0 unspecified atom stereocenters. The summed E-state index contributed by atoms with van der Waals surface area (Å²) in [5, 5.41) is 5.47. The molecule has 0 bridgehead atoms. The lowest BCUT2D eigenvalue weighted by Crippen LogP contribution is -2.26. The van der Waals surface area contributed by atoms with E-state index in [1.54, 1.807) is 6.08 Å². The van der Waals surface area contributed by atoms with Gasteiger partial charge >= 0.3 is 0 Å². The predicted octanol–water partition coefficient (Wildman–Crippen LogP) is 2.24. The number of amides is 2. The van der Waals surface area contributed by atoms with Crippen molar-refractivity contribution in [2.24, 2.45) is 0 Å². The van der Waals surface area contributed by atoms with Crippen molar-refractivity contribution in [1.29, 1.82) is 0 Å². The number of aromatic nitrogens is 1. The van der Waals surface area contributed by atoms with Gasteiger partial charge in [-0.1, -0.05) is 35.9 Å². The Kier molecular flexibility index (Phi) is 5.63. The highest BCUT2D eigenvalue weighted by molar-refractivity contribution is 5.99. The van der Waals surface area contributed by atoms with E-state index in [0.29, 0.717) is 24.2 Å². The van der Waals surface area contributed by atoms with Crippen molar-refractivity contribution in [2.45, 2.75) is 13.5 Å². The SMILES string of the molecule is C=CCNC(=O)c1cncc(C(=O)NCc2ccc(C)cc2)c1. The van der Waals surface area contributed by atoms with Gasteiger partial charge in [0, 0.05) is 25.5 Å². The molecule has 0 atom stereocenters. The number of carbonyl (C=O) groups is 2. The number of carbonyl (C=O) groups excluding carboxylic acids is 2. The van der Waals surface area contributed by atoms with E-state index in [-0.39, 0.29) is 11.8 Å². The molecular weight excluding hydrogens is 290 g/mol. The Hall–Kier alpha value is -2.95. The molecule has 0 saturated heterocycles. The number of aryl methyl sites for hydroxylation is 1. The van der Waals surface area contributed by atoms with Gasteiger partial charge in [-0.15, -0.1) is 6.58 Å². The molecule has 2 N–H and O–H groups in total. The minimum Gasteiger partial charge on any atom is -0.349 e. The number of pyridine rings is 1. The molecular formula is C18H19N3O2. The first-order valence-electron chi connectivity index (χ1n) is 7.28. The van der Waals surface area contributed by atoms with Gasteiger partial charge in [0.05, 0.1) is 11.1 Å². The van der Waals surface area contributed by atoms with Crippen LogP contribution in [-0.2, 0) is 6.54 Å². The lowest BCUT2D eigenvalue weighted by Gasteiger charge is -2.07. The van der Waals surface area contributed by atoms with Gasteiger partial charge in [-0.05, 0) is 18.6 Å². The second-order valence-electron chi connectivity index (χ2n) is 5.13. The minimum atomic E-state index is -0.286. The lowest BCUT2D eigenvalue weighted by molar-refractivity contribution is 0.0950. The van der Waals surface area contributed by atoms with E-state index in [1.165, 1.54) is 24.0 Å². The second kappa shape index (κ2) is 7.89. The Bertz CT molecular complexity index is 708. The molecule has 0 radical (unpaired) electrons. The van der Waals surface area contributed by atoms with Crippen LogP contribution in [0.4, 0.5) is 0 Å². The Morgan fingerprint density at radius 2 is 1.70 bits per heavy atom. The van der Waals surface area contributed by atoms with E-state index < -0.39 is 0 Å². The smallest absolute Gasteiger partial charge is 0.253 e. The molecule has 0 aliphatic carbocycles. The highest BCUT2D eigenvalue weighted by Gasteiger charge is 2.10. The molecule has 118 valence electrons. The number of benzene rings is 1. The Morgan fingerprint density at radius 3 is 2.30 bits per heavy atom. The normalized spacial score (nSPS) is 9.96. The molecule has 5 nitrogen and oxygen atoms in total. The zero-order chi connectivity index (χ0) is 16.7. The molecule has 23 heavy (non-hydrogen) atoms. The third-order valence-corrected chi connectivity index (χ3v) is 3.24. The van der Waals surface area contributed by atoms with Crippen LogP contribution in [0.25, 0.3) is 0 Å². The van der Waals surface area contributed by atoms with E-state index in [0.717, 1.165) is 5.56 Å². The van der Waals surface area contributed by atoms with E-state index in [9.17, 15) is 9.59 Å². The van der Waals surface area contributed by atoms with Crippen LogP contribution in [0.3, 0.4) is 0 Å². The summed E-state index contributed by atoms with van der Waals surface area (Å²) in [5.74, 6) is -0.554. The molecule has 0 aliphatic rings. The standard InChI is InChI=1S/C18H19N3O2/c1-3-8-20-17(22)15-9-16(12-19-11-15)18(23)21-10-14-6-4-13(2)5-7-14/h3-7,9,11-12H,1,8,10H2,2H3,(H,20,22)(H,21,23). The number of hydrogen-bond acceptors (Lipinski definition) is 3. The van der Waals surface area contributed by atoms with Crippen LogP contribution in [0.2, 0.25) is 0 Å². The topological polar surface area (TPSA) is 71.1 Å². The van der Waals surface area contributed by atoms with Gasteiger partial charge < -0.3 is 10.6 Å². The summed E-state index contributed by atoms with van der Waals surface area (Å²) >= 11 is 0. The monoisotopic (exact) mass is 309 g/mol. The Morgan fingerprint density at radius 1 is 1.09 bits per heavy atom. The molecule has 5 heteroatoms. The maximum atomic E-state index is 12.2. The molecule has 0 saturated carbocycles. The van der Waals surface area contributed by atoms with Crippen molar-refractivity contribution in [2.75, 3.05) is 6.54 Å². The van der Waals surface area contributed by atoms with Crippen LogP contribution in [0.5, 0.6) is 0 Å². The zero-order valence-corrected chi connectivity index (χ0v) is 13.0. The fraction of sp³-hybridized carbons (Fsp3) is 0.167. The van der Waals surface area contributed by atoms with Crippen molar-refractivity contribution in [3.05, 3.63) is 77.6 Å². The highest BCUT2D eigenvalue weighted by Crippen LogP contribution is 2.05. The summed E-state index contributed by atoms with van der Waals surface area (Å²) in [6.45, 7) is 6.33. The summed E-state index contributed by atoms with van der Waals surface area (Å²) < 4.78 is 0. The molecule has 0 aliphatic heterocycles. The second-order valence-corrected chi connectivity index (χ2v) is 5.13. The molecule has 2 amide bonds.